The van der Waals surface area contributed by atoms with Gasteiger partial charge in [-0.05, 0) is 95.1 Å². The lowest BCUT2D eigenvalue weighted by Crippen LogP contribution is -2.11. The Kier molecular flexibility index (Phi) is 6.93. The Morgan fingerprint density at radius 2 is 0.526 bits per heavy atom. The Labute approximate surface area is 331 Å². The fourth-order valence-electron chi connectivity index (χ4n) is 9.44. The average molecular weight is 726 g/mol. The van der Waals surface area contributed by atoms with Crippen molar-refractivity contribution in [3.63, 3.8) is 0 Å². The zero-order valence-corrected chi connectivity index (χ0v) is 31.0. The van der Waals surface area contributed by atoms with Gasteiger partial charge in [-0.3, -0.25) is 0 Å². The summed E-state index contributed by atoms with van der Waals surface area (Å²) >= 11 is 0. The molecular weight excluding hydrogens is 691 g/mol. The molecule has 9 aromatic carbocycles. The third-order valence-corrected chi connectivity index (χ3v) is 11.9. The van der Waals surface area contributed by atoms with Gasteiger partial charge in [-0.15, -0.1) is 0 Å². The smallest absolute Gasteiger partial charge is 0.0542 e. The number of fused-ring (bicyclic) bond motifs is 13. The highest BCUT2D eigenvalue weighted by Crippen LogP contribution is 2.53. The lowest BCUT2D eigenvalue weighted by molar-refractivity contribution is 1.18. The predicted molar refractivity (Wildman–Crippen MR) is 239 cm³/mol. The summed E-state index contributed by atoms with van der Waals surface area (Å²) in [6.07, 6.45) is 0. The molecule has 0 saturated carbocycles. The molecule has 0 bridgehead atoms. The van der Waals surface area contributed by atoms with Crippen LogP contribution in [-0.4, -0.2) is 4.57 Å². The lowest BCUT2D eigenvalue weighted by atomic mass is 9.95. The molecule has 2 aliphatic rings. The zero-order chi connectivity index (χ0) is 37.5. The minimum atomic E-state index is 1.12. The number of benzene rings is 9. The van der Waals surface area contributed by atoms with E-state index in [1.54, 1.807) is 0 Å². The molecule has 3 heteroatoms. The van der Waals surface area contributed by atoms with Crippen molar-refractivity contribution in [3.8, 4) is 50.2 Å². The molecular formula is C54H35N3. The highest BCUT2D eigenvalue weighted by molar-refractivity contribution is 6.13. The second-order valence-corrected chi connectivity index (χ2v) is 14.9. The summed E-state index contributed by atoms with van der Waals surface area (Å²) in [4.78, 5) is 4.91. The predicted octanol–water partition coefficient (Wildman–Crippen LogP) is 15.0. The van der Waals surface area contributed by atoms with Gasteiger partial charge in [0.2, 0.25) is 0 Å². The minimum absolute atomic E-state index is 1.12. The molecule has 266 valence electrons. The van der Waals surface area contributed by atoms with Gasteiger partial charge >= 0.3 is 0 Å². The van der Waals surface area contributed by atoms with Crippen LogP contribution in [0.25, 0.3) is 72.0 Å². The Morgan fingerprint density at radius 1 is 0.228 bits per heavy atom. The van der Waals surface area contributed by atoms with E-state index in [1.807, 2.05) is 0 Å². The molecule has 0 spiro atoms. The summed E-state index contributed by atoms with van der Waals surface area (Å²) in [7, 11) is 0. The second kappa shape index (κ2) is 12.5. The van der Waals surface area contributed by atoms with Gasteiger partial charge in [0.1, 0.15) is 0 Å². The molecule has 0 unspecified atom stereocenters. The summed E-state index contributed by atoms with van der Waals surface area (Å²) < 4.78 is 2.42. The third kappa shape index (κ3) is 4.73. The average Bonchev–Trinajstić information content (AvgIpc) is 3.46. The molecule has 0 fully saturated rings. The van der Waals surface area contributed by atoms with E-state index in [0.717, 1.165) is 17.1 Å². The van der Waals surface area contributed by atoms with Crippen LogP contribution in [0.1, 0.15) is 0 Å². The first kappa shape index (κ1) is 31.7. The maximum Gasteiger partial charge on any atom is 0.0542 e. The Balaban J connectivity index is 1.13. The summed E-state index contributed by atoms with van der Waals surface area (Å²) in [5.41, 5.74) is 20.2. The number of nitrogens with zero attached hydrogens (tertiary/aromatic N) is 3. The molecule has 0 N–H and O–H groups in total. The zero-order valence-electron chi connectivity index (χ0n) is 31.0. The van der Waals surface area contributed by atoms with Crippen LogP contribution in [0.4, 0.5) is 34.1 Å². The van der Waals surface area contributed by atoms with Crippen LogP contribution in [0.2, 0.25) is 0 Å². The van der Waals surface area contributed by atoms with E-state index in [0.29, 0.717) is 0 Å². The first-order valence-electron chi connectivity index (χ1n) is 19.6. The van der Waals surface area contributed by atoms with Crippen molar-refractivity contribution in [1.82, 2.24) is 4.57 Å². The summed E-state index contributed by atoms with van der Waals surface area (Å²) in [5, 5.41) is 2.40. The van der Waals surface area contributed by atoms with Gasteiger partial charge in [-0.2, -0.15) is 0 Å². The molecule has 0 atom stereocenters. The van der Waals surface area contributed by atoms with E-state index in [2.05, 4.69) is 227 Å². The van der Waals surface area contributed by atoms with Crippen molar-refractivity contribution in [2.45, 2.75) is 0 Å². The van der Waals surface area contributed by atoms with E-state index in [1.165, 1.54) is 89.1 Å². The Morgan fingerprint density at radius 3 is 0.877 bits per heavy atom. The highest BCUT2D eigenvalue weighted by atomic mass is 15.2. The number of aromatic nitrogens is 1. The van der Waals surface area contributed by atoms with Crippen molar-refractivity contribution < 1.29 is 0 Å². The van der Waals surface area contributed by atoms with Crippen molar-refractivity contribution in [2.75, 3.05) is 9.80 Å². The first-order chi connectivity index (χ1) is 28.3. The number of anilines is 6. The number of para-hydroxylation sites is 5. The molecule has 12 rings (SSSR count). The van der Waals surface area contributed by atoms with Gasteiger partial charge < -0.3 is 14.4 Å². The molecule has 0 saturated heterocycles. The molecule has 3 heterocycles. The van der Waals surface area contributed by atoms with E-state index in [4.69, 9.17) is 0 Å². The summed E-state index contributed by atoms with van der Waals surface area (Å²) in [5.74, 6) is 0. The van der Waals surface area contributed by atoms with Crippen LogP contribution < -0.4 is 9.80 Å². The van der Waals surface area contributed by atoms with Crippen LogP contribution in [0.3, 0.4) is 0 Å². The maximum atomic E-state index is 2.46. The van der Waals surface area contributed by atoms with Crippen molar-refractivity contribution >= 4 is 55.9 Å². The quantitative estimate of drug-likeness (QED) is 0.180. The van der Waals surface area contributed by atoms with E-state index < -0.39 is 0 Å². The fraction of sp³-hybridized carbons (Fsp3) is 0. The number of hydrogen-bond donors (Lipinski definition) is 0. The minimum Gasteiger partial charge on any atom is -0.309 e. The van der Waals surface area contributed by atoms with Crippen LogP contribution in [-0.2, 0) is 0 Å². The fourth-order valence-corrected chi connectivity index (χ4v) is 9.44. The third-order valence-electron chi connectivity index (χ3n) is 11.9. The largest absolute Gasteiger partial charge is 0.309 e. The molecule has 1 aromatic heterocycles. The van der Waals surface area contributed by atoms with Gasteiger partial charge in [0.05, 0.1) is 33.8 Å². The van der Waals surface area contributed by atoms with Gasteiger partial charge in [0.15, 0.2) is 0 Å². The number of rotatable bonds is 3. The lowest BCUT2D eigenvalue weighted by Gasteiger charge is -2.27. The Hall–Kier alpha value is -7.62. The first-order valence-corrected chi connectivity index (χ1v) is 19.6. The van der Waals surface area contributed by atoms with E-state index in [9.17, 15) is 0 Å². The summed E-state index contributed by atoms with van der Waals surface area (Å²) in [6, 6.07) is 77.7. The SMILES string of the molecule is c1ccc(-n2c3ccc(N4c5ccccc5-c5ccccc5-c5ccccc54)cc3c3cc(N4c5ccccc5-c5ccccc5-c5ccccc54)ccc32)cc1. The molecule has 0 radical (unpaired) electrons. The molecule has 0 amide bonds. The standard InChI is InChI=1S/C54H35N3/c1-2-16-36(17-3-1)55-53-32-30-37(56-49-26-12-8-22-43(49)39-18-4-5-19-40(39)44-23-9-13-27-50(44)56)34-47(53)48-35-38(31-33-54(48)55)57-51-28-14-10-24-45(51)41-20-6-7-21-42(41)46-25-11-15-29-52(46)57/h1-35H. The second-order valence-electron chi connectivity index (χ2n) is 14.9. The van der Waals surface area contributed by atoms with Crippen LogP contribution >= 0.6 is 0 Å². The molecule has 10 aromatic rings. The molecule has 2 aliphatic heterocycles. The highest BCUT2D eigenvalue weighted by Gasteiger charge is 2.28. The van der Waals surface area contributed by atoms with Crippen molar-refractivity contribution in [3.05, 3.63) is 212 Å². The van der Waals surface area contributed by atoms with Crippen LogP contribution in [0.5, 0.6) is 0 Å². The van der Waals surface area contributed by atoms with Crippen molar-refractivity contribution in [2.24, 2.45) is 0 Å². The monoisotopic (exact) mass is 725 g/mol. The van der Waals surface area contributed by atoms with Crippen LogP contribution in [0.15, 0.2) is 212 Å². The van der Waals surface area contributed by atoms with Gasteiger partial charge in [0, 0.05) is 50.1 Å². The molecule has 0 aliphatic carbocycles. The Bertz CT molecular complexity index is 2880. The van der Waals surface area contributed by atoms with E-state index >= 15 is 0 Å². The van der Waals surface area contributed by atoms with Crippen LogP contribution in [0, 0.1) is 0 Å². The maximum absolute atomic E-state index is 2.46. The normalized spacial score (nSPS) is 12.5. The van der Waals surface area contributed by atoms with Gasteiger partial charge in [-0.25, -0.2) is 0 Å². The van der Waals surface area contributed by atoms with Gasteiger partial charge in [-0.1, -0.05) is 140 Å². The summed E-state index contributed by atoms with van der Waals surface area (Å²) in [6.45, 7) is 0. The van der Waals surface area contributed by atoms with E-state index in [-0.39, 0.29) is 0 Å². The van der Waals surface area contributed by atoms with Gasteiger partial charge in [0.25, 0.3) is 0 Å². The molecule has 57 heavy (non-hydrogen) atoms. The topological polar surface area (TPSA) is 11.4 Å². The molecule has 3 nitrogen and oxygen atoms in total. The number of hydrogen-bond acceptors (Lipinski definition) is 2. The van der Waals surface area contributed by atoms with Crippen molar-refractivity contribution in [1.29, 1.82) is 0 Å².